The van der Waals surface area contributed by atoms with Crippen molar-refractivity contribution >= 4 is 6.16 Å². The SMILES string of the molecule is CCCCOCCCC.COC(=O)O. The van der Waals surface area contributed by atoms with E-state index in [9.17, 15) is 0 Å². The maximum Gasteiger partial charge on any atom is 0.505 e. The smallest absolute Gasteiger partial charge is 0.450 e. The van der Waals surface area contributed by atoms with Crippen LogP contribution in [0.3, 0.4) is 0 Å². The second kappa shape index (κ2) is 14.7. The molecule has 0 bridgehead atoms. The number of carbonyl (C=O) groups is 1. The molecule has 14 heavy (non-hydrogen) atoms. The third-order valence-corrected chi connectivity index (χ3v) is 1.46. The second-order valence-electron chi connectivity index (χ2n) is 2.79. The van der Waals surface area contributed by atoms with E-state index >= 15 is 0 Å². The van der Waals surface area contributed by atoms with Crippen molar-refractivity contribution in [2.75, 3.05) is 20.3 Å². The lowest BCUT2D eigenvalue weighted by molar-refractivity contribution is 0.114. The van der Waals surface area contributed by atoms with Crippen LogP contribution in [0.2, 0.25) is 0 Å². The number of ether oxygens (including phenoxy) is 2. The molecular formula is C10H22O4. The summed E-state index contributed by atoms with van der Waals surface area (Å²) in [6, 6.07) is 0. The predicted molar refractivity (Wildman–Crippen MR) is 55.7 cm³/mol. The van der Waals surface area contributed by atoms with E-state index in [4.69, 9.17) is 14.6 Å². The van der Waals surface area contributed by atoms with Crippen molar-refractivity contribution in [3.8, 4) is 0 Å². The normalized spacial score (nSPS) is 8.79. The number of rotatable bonds is 6. The minimum Gasteiger partial charge on any atom is -0.450 e. The summed E-state index contributed by atoms with van der Waals surface area (Å²) in [6.45, 7) is 6.28. The Morgan fingerprint density at radius 3 is 1.71 bits per heavy atom. The van der Waals surface area contributed by atoms with E-state index in [-0.39, 0.29) is 0 Å². The molecule has 0 fully saturated rings. The summed E-state index contributed by atoms with van der Waals surface area (Å²) in [6.07, 6.45) is 3.66. The van der Waals surface area contributed by atoms with Gasteiger partial charge >= 0.3 is 6.16 Å². The summed E-state index contributed by atoms with van der Waals surface area (Å²) in [5.41, 5.74) is 0. The van der Waals surface area contributed by atoms with Gasteiger partial charge in [0.1, 0.15) is 0 Å². The van der Waals surface area contributed by atoms with Gasteiger partial charge in [-0.3, -0.25) is 0 Å². The van der Waals surface area contributed by atoms with Gasteiger partial charge in [0.05, 0.1) is 7.11 Å². The first kappa shape index (κ1) is 15.7. The number of carboxylic acid groups (broad SMARTS) is 1. The molecule has 0 rings (SSSR count). The molecule has 0 amide bonds. The Hall–Kier alpha value is -0.770. The topological polar surface area (TPSA) is 55.8 Å². The fraction of sp³-hybridized carbons (Fsp3) is 0.900. The minimum absolute atomic E-state index is 0.955. The van der Waals surface area contributed by atoms with Gasteiger partial charge < -0.3 is 14.6 Å². The molecule has 0 atom stereocenters. The largest absolute Gasteiger partial charge is 0.505 e. The molecule has 1 N–H and O–H groups in total. The zero-order chi connectivity index (χ0) is 11.2. The fourth-order valence-electron chi connectivity index (χ4n) is 0.595. The summed E-state index contributed by atoms with van der Waals surface area (Å²) >= 11 is 0. The average molecular weight is 206 g/mol. The zero-order valence-corrected chi connectivity index (χ0v) is 9.41. The monoisotopic (exact) mass is 206 g/mol. The molecule has 0 saturated carbocycles. The van der Waals surface area contributed by atoms with E-state index in [1.807, 2.05) is 0 Å². The number of unbranched alkanes of at least 4 members (excludes halogenated alkanes) is 2. The van der Waals surface area contributed by atoms with Crippen LogP contribution in [0.1, 0.15) is 39.5 Å². The van der Waals surface area contributed by atoms with Crippen molar-refractivity contribution in [2.45, 2.75) is 39.5 Å². The van der Waals surface area contributed by atoms with Crippen LogP contribution < -0.4 is 0 Å². The fourth-order valence-corrected chi connectivity index (χ4v) is 0.595. The number of hydrogen-bond donors (Lipinski definition) is 1. The molecule has 0 aliphatic heterocycles. The maximum atomic E-state index is 9.15. The molecule has 0 radical (unpaired) electrons. The van der Waals surface area contributed by atoms with Gasteiger partial charge in [-0.1, -0.05) is 26.7 Å². The molecule has 4 nitrogen and oxygen atoms in total. The van der Waals surface area contributed by atoms with Gasteiger partial charge in [-0.25, -0.2) is 4.79 Å². The first-order valence-electron chi connectivity index (χ1n) is 5.03. The van der Waals surface area contributed by atoms with E-state index in [1.54, 1.807) is 0 Å². The van der Waals surface area contributed by atoms with Gasteiger partial charge in [0.2, 0.25) is 0 Å². The predicted octanol–water partition coefficient (Wildman–Crippen LogP) is 2.91. The summed E-state index contributed by atoms with van der Waals surface area (Å²) in [4.78, 5) is 9.15. The van der Waals surface area contributed by atoms with Gasteiger partial charge in [-0.2, -0.15) is 0 Å². The summed E-state index contributed by atoms with van der Waals surface area (Å²) < 4.78 is 8.98. The Labute approximate surface area is 86.2 Å². The third kappa shape index (κ3) is 22.5. The highest BCUT2D eigenvalue weighted by Gasteiger charge is 1.84. The lowest BCUT2D eigenvalue weighted by Gasteiger charge is -1.99. The summed E-state index contributed by atoms with van der Waals surface area (Å²) in [5.74, 6) is 0. The summed E-state index contributed by atoms with van der Waals surface area (Å²) in [5, 5.41) is 7.50. The average Bonchev–Trinajstić information content (AvgIpc) is 2.19. The molecule has 0 saturated heterocycles. The molecule has 0 aromatic heterocycles. The lowest BCUT2D eigenvalue weighted by Crippen LogP contribution is -1.95. The molecule has 0 spiro atoms. The minimum atomic E-state index is -1.25. The van der Waals surface area contributed by atoms with Crippen LogP contribution in [0.25, 0.3) is 0 Å². The highest BCUT2D eigenvalue weighted by molar-refractivity contribution is 5.56. The Kier molecular flexibility index (Phi) is 16.5. The van der Waals surface area contributed by atoms with Crippen LogP contribution in [-0.2, 0) is 9.47 Å². The molecule has 4 heteroatoms. The number of methoxy groups -OCH3 is 1. The van der Waals surface area contributed by atoms with Gasteiger partial charge in [0, 0.05) is 13.2 Å². The van der Waals surface area contributed by atoms with Crippen LogP contribution in [0, 0.1) is 0 Å². The lowest BCUT2D eigenvalue weighted by atomic mass is 10.3. The Balaban J connectivity index is 0. The Morgan fingerprint density at radius 2 is 1.50 bits per heavy atom. The van der Waals surface area contributed by atoms with Crippen LogP contribution in [0.4, 0.5) is 4.79 Å². The maximum absolute atomic E-state index is 9.15. The molecule has 0 aromatic rings. The third-order valence-electron chi connectivity index (χ3n) is 1.46. The van der Waals surface area contributed by atoms with E-state index in [0.717, 1.165) is 20.3 Å². The highest BCUT2D eigenvalue weighted by atomic mass is 16.6. The molecule has 0 aliphatic rings. The van der Waals surface area contributed by atoms with Crippen molar-refractivity contribution in [2.24, 2.45) is 0 Å². The van der Waals surface area contributed by atoms with Gasteiger partial charge in [0.25, 0.3) is 0 Å². The molecule has 0 aliphatic carbocycles. The van der Waals surface area contributed by atoms with E-state index < -0.39 is 6.16 Å². The first-order valence-corrected chi connectivity index (χ1v) is 5.03. The Morgan fingerprint density at radius 1 is 1.14 bits per heavy atom. The summed E-state index contributed by atoms with van der Waals surface area (Å²) in [7, 11) is 1.10. The molecule has 86 valence electrons. The molecule has 0 unspecified atom stereocenters. The van der Waals surface area contributed by atoms with E-state index in [0.29, 0.717) is 0 Å². The van der Waals surface area contributed by atoms with Crippen molar-refractivity contribution in [3.63, 3.8) is 0 Å². The molecule has 0 aromatic carbocycles. The second-order valence-corrected chi connectivity index (χ2v) is 2.79. The van der Waals surface area contributed by atoms with Gasteiger partial charge in [-0.15, -0.1) is 0 Å². The molecule has 0 heterocycles. The zero-order valence-electron chi connectivity index (χ0n) is 9.41. The van der Waals surface area contributed by atoms with Crippen molar-refractivity contribution in [1.82, 2.24) is 0 Å². The first-order chi connectivity index (χ1) is 6.68. The quantitative estimate of drug-likeness (QED) is 0.536. The van der Waals surface area contributed by atoms with E-state index in [1.165, 1.54) is 25.7 Å². The Bertz CT molecular complexity index is 109. The molecular weight excluding hydrogens is 184 g/mol. The van der Waals surface area contributed by atoms with Crippen LogP contribution in [-0.4, -0.2) is 31.6 Å². The van der Waals surface area contributed by atoms with Crippen molar-refractivity contribution in [1.29, 1.82) is 0 Å². The van der Waals surface area contributed by atoms with Crippen molar-refractivity contribution in [3.05, 3.63) is 0 Å². The standard InChI is InChI=1S/C8H18O.C2H4O3/c1-3-5-7-9-8-6-4-2;1-5-2(3)4/h3-8H2,1-2H3;1H3,(H,3,4). The van der Waals surface area contributed by atoms with Crippen LogP contribution in [0.15, 0.2) is 0 Å². The van der Waals surface area contributed by atoms with Gasteiger partial charge in [0.15, 0.2) is 0 Å². The highest BCUT2D eigenvalue weighted by Crippen LogP contribution is 1.91. The van der Waals surface area contributed by atoms with Crippen molar-refractivity contribution < 1.29 is 19.4 Å². The van der Waals surface area contributed by atoms with Crippen LogP contribution in [0.5, 0.6) is 0 Å². The van der Waals surface area contributed by atoms with Gasteiger partial charge in [-0.05, 0) is 12.8 Å². The van der Waals surface area contributed by atoms with E-state index in [2.05, 4.69) is 18.6 Å². The number of hydrogen-bond acceptors (Lipinski definition) is 3. The van der Waals surface area contributed by atoms with Crippen LogP contribution >= 0.6 is 0 Å².